The first-order valence-electron chi connectivity index (χ1n) is 8.46. The normalized spacial score (nSPS) is 8.76. The fourth-order valence-electron chi connectivity index (χ4n) is 1.57. The van der Waals surface area contributed by atoms with Gasteiger partial charge in [0.2, 0.25) is 0 Å². The second kappa shape index (κ2) is 16.2. The summed E-state index contributed by atoms with van der Waals surface area (Å²) in [5.74, 6) is 0.335. The Bertz CT molecular complexity index is 526. The van der Waals surface area contributed by atoms with E-state index in [-0.39, 0.29) is 11.9 Å². The number of esters is 2. The zero-order valence-corrected chi connectivity index (χ0v) is 15.3. The van der Waals surface area contributed by atoms with E-state index < -0.39 is 0 Å². The van der Waals surface area contributed by atoms with Crippen LogP contribution < -0.4 is 4.74 Å². The largest absolute Gasteiger partial charge is 0.469 e. The van der Waals surface area contributed by atoms with Crippen LogP contribution in [0, 0.1) is 0 Å². The molecular formula is C21H28O4. The minimum absolute atomic E-state index is 0.123. The summed E-state index contributed by atoms with van der Waals surface area (Å²) in [4.78, 5) is 21.2. The van der Waals surface area contributed by atoms with Gasteiger partial charge in [-0.05, 0) is 25.0 Å². The summed E-state index contributed by atoms with van der Waals surface area (Å²) < 4.78 is 9.37. The fourth-order valence-corrected chi connectivity index (χ4v) is 1.57. The number of hydrogen-bond donors (Lipinski definition) is 0. The highest BCUT2D eigenvalue weighted by Gasteiger charge is 2.00. The Morgan fingerprint density at radius 1 is 0.720 bits per heavy atom. The number of hydrogen-bond acceptors (Lipinski definition) is 4. The molecule has 4 nitrogen and oxygen atoms in total. The fraction of sp³-hybridized carbons (Fsp3) is 0.333. The molecule has 0 heterocycles. The minimum atomic E-state index is -0.163. The van der Waals surface area contributed by atoms with Gasteiger partial charge in [0.05, 0.1) is 7.11 Å². The molecule has 0 aromatic heterocycles. The Balaban J connectivity index is 0.000000377. The number of carbonyl (C=O) groups excluding carboxylic acids is 2. The third kappa shape index (κ3) is 14.7. The zero-order chi connectivity index (χ0) is 18.8. The first-order chi connectivity index (χ1) is 12.1. The lowest BCUT2D eigenvalue weighted by Crippen LogP contribution is -2.06. The summed E-state index contributed by atoms with van der Waals surface area (Å²) >= 11 is 0. The van der Waals surface area contributed by atoms with Crippen LogP contribution in [0.5, 0.6) is 5.75 Å². The lowest BCUT2D eigenvalue weighted by molar-refractivity contribution is -0.140. The van der Waals surface area contributed by atoms with Crippen LogP contribution in [0.1, 0.15) is 39.5 Å². The quantitative estimate of drug-likeness (QED) is 0.563. The highest BCUT2D eigenvalue weighted by molar-refractivity contribution is 5.72. The van der Waals surface area contributed by atoms with Crippen LogP contribution in [0.3, 0.4) is 0 Å². The molecule has 0 saturated heterocycles. The van der Waals surface area contributed by atoms with E-state index in [0.29, 0.717) is 18.6 Å². The summed E-state index contributed by atoms with van der Waals surface area (Å²) in [6.45, 7) is 3.89. The first-order valence-corrected chi connectivity index (χ1v) is 8.46. The average Bonchev–Trinajstić information content (AvgIpc) is 2.65. The van der Waals surface area contributed by atoms with Crippen molar-refractivity contribution in [2.75, 3.05) is 7.11 Å². The molecular weight excluding hydrogens is 316 g/mol. The monoisotopic (exact) mass is 344 g/mol. The van der Waals surface area contributed by atoms with E-state index in [9.17, 15) is 9.59 Å². The molecule has 0 radical (unpaired) electrons. The van der Waals surface area contributed by atoms with Crippen molar-refractivity contribution < 1.29 is 19.1 Å². The Morgan fingerprint density at radius 3 is 1.48 bits per heavy atom. The van der Waals surface area contributed by atoms with Gasteiger partial charge in [0.1, 0.15) is 5.75 Å². The molecule has 0 aliphatic rings. The molecule has 2 rings (SSSR count). The Labute approximate surface area is 150 Å². The molecule has 0 bridgehead atoms. The smallest absolute Gasteiger partial charge is 0.311 e. The van der Waals surface area contributed by atoms with Crippen LogP contribution in [-0.2, 0) is 14.3 Å². The summed E-state index contributed by atoms with van der Waals surface area (Å²) in [6.07, 6.45) is 2.71. The van der Waals surface area contributed by atoms with Gasteiger partial charge >= 0.3 is 11.9 Å². The van der Waals surface area contributed by atoms with Crippen LogP contribution >= 0.6 is 0 Å². The van der Waals surface area contributed by atoms with Crippen molar-refractivity contribution in [3.63, 3.8) is 0 Å². The molecule has 0 unspecified atom stereocenters. The molecule has 0 amide bonds. The van der Waals surface area contributed by atoms with Crippen LogP contribution in [0.25, 0.3) is 0 Å². The number of carbonyl (C=O) groups is 2. The van der Waals surface area contributed by atoms with E-state index in [1.807, 2.05) is 68.4 Å². The number of methoxy groups -OCH3 is 1. The molecule has 2 aromatic rings. The maximum atomic E-state index is 11.0. The van der Waals surface area contributed by atoms with E-state index >= 15 is 0 Å². The lowest BCUT2D eigenvalue weighted by Gasteiger charge is -2.01. The predicted octanol–water partition coefficient (Wildman–Crippen LogP) is 5.04. The van der Waals surface area contributed by atoms with E-state index in [2.05, 4.69) is 4.74 Å². The van der Waals surface area contributed by atoms with Gasteiger partial charge in [0, 0.05) is 12.8 Å². The van der Waals surface area contributed by atoms with Gasteiger partial charge in [-0.1, -0.05) is 68.4 Å². The Kier molecular flexibility index (Phi) is 14.5. The summed E-state index contributed by atoms with van der Waals surface area (Å²) in [6, 6.07) is 21.1. The van der Waals surface area contributed by atoms with E-state index in [0.717, 1.165) is 12.8 Å². The van der Waals surface area contributed by atoms with Crippen molar-refractivity contribution in [1.82, 2.24) is 0 Å². The van der Waals surface area contributed by atoms with E-state index in [4.69, 9.17) is 4.74 Å². The summed E-state index contributed by atoms with van der Waals surface area (Å²) in [5.41, 5.74) is 0. The summed E-state index contributed by atoms with van der Waals surface area (Å²) in [7, 11) is 1.40. The van der Waals surface area contributed by atoms with Gasteiger partial charge in [0.15, 0.2) is 0 Å². The van der Waals surface area contributed by atoms with Crippen molar-refractivity contribution in [3.05, 3.63) is 66.7 Å². The van der Waals surface area contributed by atoms with Crippen LogP contribution in [0.4, 0.5) is 0 Å². The SMILES string of the molecule is CCCC(=O)OC.CCCC(=O)Oc1ccccc1.c1ccccc1. The zero-order valence-electron chi connectivity index (χ0n) is 15.3. The van der Waals surface area contributed by atoms with Crippen molar-refractivity contribution in [2.24, 2.45) is 0 Å². The van der Waals surface area contributed by atoms with Crippen molar-refractivity contribution in [1.29, 1.82) is 0 Å². The third-order valence-electron chi connectivity index (χ3n) is 2.78. The molecule has 25 heavy (non-hydrogen) atoms. The van der Waals surface area contributed by atoms with E-state index in [1.54, 1.807) is 12.1 Å². The number of para-hydroxylation sites is 1. The second-order valence-electron chi connectivity index (χ2n) is 5.02. The van der Waals surface area contributed by atoms with Crippen molar-refractivity contribution >= 4 is 11.9 Å². The number of rotatable bonds is 5. The minimum Gasteiger partial charge on any atom is -0.469 e. The first kappa shape index (κ1) is 22.4. The predicted molar refractivity (Wildman–Crippen MR) is 100 cm³/mol. The van der Waals surface area contributed by atoms with Crippen LogP contribution in [0.15, 0.2) is 66.7 Å². The average molecular weight is 344 g/mol. The lowest BCUT2D eigenvalue weighted by atomic mass is 10.3. The molecule has 2 aromatic carbocycles. The van der Waals surface area contributed by atoms with Gasteiger partial charge in [-0.3, -0.25) is 9.59 Å². The van der Waals surface area contributed by atoms with Crippen LogP contribution in [0.2, 0.25) is 0 Å². The van der Waals surface area contributed by atoms with Crippen molar-refractivity contribution in [2.45, 2.75) is 39.5 Å². The highest BCUT2D eigenvalue weighted by Crippen LogP contribution is 2.09. The second-order valence-corrected chi connectivity index (χ2v) is 5.02. The van der Waals surface area contributed by atoms with Gasteiger partial charge in [-0.25, -0.2) is 0 Å². The molecule has 0 atom stereocenters. The summed E-state index contributed by atoms with van der Waals surface area (Å²) in [5, 5.41) is 0. The topological polar surface area (TPSA) is 52.6 Å². The van der Waals surface area contributed by atoms with Gasteiger partial charge in [-0.15, -0.1) is 0 Å². The molecule has 0 saturated carbocycles. The standard InChI is InChI=1S/C10H12O2.C6H6.C5H10O2/c1-2-6-10(11)12-9-7-4-3-5-8-9;1-2-4-6-5-3-1;1-3-4-5(6)7-2/h3-5,7-8H,2,6H2,1H3;1-6H;3-4H2,1-2H3. The molecule has 0 aliphatic carbocycles. The molecule has 0 aliphatic heterocycles. The van der Waals surface area contributed by atoms with Crippen LogP contribution in [-0.4, -0.2) is 19.0 Å². The van der Waals surface area contributed by atoms with Gasteiger partial charge in [0.25, 0.3) is 0 Å². The third-order valence-corrected chi connectivity index (χ3v) is 2.78. The highest BCUT2D eigenvalue weighted by atomic mass is 16.5. The molecule has 0 fully saturated rings. The molecule has 0 N–H and O–H groups in total. The molecule has 4 heteroatoms. The number of ether oxygens (including phenoxy) is 2. The Morgan fingerprint density at radius 2 is 1.12 bits per heavy atom. The van der Waals surface area contributed by atoms with Gasteiger partial charge in [-0.2, -0.15) is 0 Å². The number of benzene rings is 2. The Hall–Kier alpha value is -2.62. The molecule has 0 spiro atoms. The van der Waals surface area contributed by atoms with E-state index in [1.165, 1.54) is 7.11 Å². The maximum Gasteiger partial charge on any atom is 0.311 e. The maximum absolute atomic E-state index is 11.0. The molecule has 136 valence electrons. The van der Waals surface area contributed by atoms with Gasteiger partial charge < -0.3 is 9.47 Å². The van der Waals surface area contributed by atoms with Crippen molar-refractivity contribution in [3.8, 4) is 5.75 Å².